The molecule has 3 fully saturated rings. The van der Waals surface area contributed by atoms with E-state index in [4.69, 9.17) is 16.4 Å². The number of Topliss-reactive ketones (excluding diaryl/α,β-unsaturated/α-hetero) is 1. The number of hydrogen-bond acceptors (Lipinski definition) is 7. The molecule has 0 aromatic heterocycles. The van der Waals surface area contributed by atoms with Crippen molar-refractivity contribution in [3.8, 4) is 0 Å². The summed E-state index contributed by atoms with van der Waals surface area (Å²) in [5, 5.41) is 6.43. The fourth-order valence-corrected chi connectivity index (χ4v) is 7.75. The van der Waals surface area contributed by atoms with Crippen LogP contribution < -0.4 is 16.1 Å². The van der Waals surface area contributed by atoms with E-state index in [0.29, 0.717) is 42.6 Å². The molecule has 268 valence electrons. The van der Waals surface area contributed by atoms with Crippen LogP contribution in [-0.4, -0.2) is 82.6 Å². The zero-order chi connectivity index (χ0) is 35.3. The Labute approximate surface area is 294 Å². The number of amides is 4. The summed E-state index contributed by atoms with van der Waals surface area (Å²) in [6.07, 6.45) is 10.3. The molecular weight excluding hydrogens is 646 g/mol. The minimum absolute atomic E-state index is 0.0329. The number of rotatable bonds is 11. The van der Waals surface area contributed by atoms with Crippen molar-refractivity contribution in [2.75, 3.05) is 19.6 Å². The summed E-state index contributed by atoms with van der Waals surface area (Å²) in [5.41, 5.74) is 2.67. The monoisotopic (exact) mass is 697 g/mol. The lowest BCUT2D eigenvalue weighted by molar-refractivity contribution is -0.147. The number of carbonyl (C=O) groups is 5. The third-order valence-corrected chi connectivity index (χ3v) is 10.5. The maximum Gasteiger partial charge on any atom is 0.292 e. The van der Waals surface area contributed by atoms with Gasteiger partial charge in [-0.3, -0.25) is 34.3 Å². The van der Waals surface area contributed by atoms with E-state index in [9.17, 15) is 24.0 Å². The van der Waals surface area contributed by atoms with Gasteiger partial charge in [-0.25, -0.2) is 0 Å². The second kappa shape index (κ2) is 15.6. The summed E-state index contributed by atoms with van der Waals surface area (Å²) >= 11 is 6.26. The molecule has 4 amide bonds. The van der Waals surface area contributed by atoms with Gasteiger partial charge in [0.05, 0.1) is 18.3 Å². The number of carbonyl (C=O) groups excluding carboxylic acids is 5. The van der Waals surface area contributed by atoms with Crippen LogP contribution >= 0.6 is 11.6 Å². The first kappa shape index (κ1) is 36.8. The lowest BCUT2D eigenvalue weighted by Gasteiger charge is -2.36. The highest BCUT2D eigenvalue weighted by atomic mass is 35.5. The molecule has 0 unspecified atom stereocenters. The van der Waals surface area contributed by atoms with E-state index in [-0.39, 0.29) is 25.3 Å². The van der Waals surface area contributed by atoms with Crippen LogP contribution in [-0.2, 0) is 28.8 Å². The second-order valence-corrected chi connectivity index (χ2v) is 15.7. The standard InChI is InChI=1S/C37H52ClN5O6/c1-5-12-27(31(45)34(47)42-17-9-10-18-42)39-33(46)29-22-37(21-28(41-49-37)25-15-11-16-26(38)20-25)23-43(29)35(48)32(36(2,3)4)40-30(44)19-24-13-7-6-8-14-24/h11,15-16,20-21,24,27,29,32,41H,5-10,12-14,17-19,22-23H2,1-4H3,(H,39,46)(H,40,44)/t27-,29-,32+,37+/m0/s1. The minimum atomic E-state index is -1.07. The number of benzene rings is 1. The van der Waals surface area contributed by atoms with Crippen molar-refractivity contribution in [3.63, 3.8) is 0 Å². The summed E-state index contributed by atoms with van der Waals surface area (Å²) in [5.74, 6) is -2.06. The van der Waals surface area contributed by atoms with Gasteiger partial charge in [-0.15, -0.1) is 0 Å². The van der Waals surface area contributed by atoms with Crippen molar-refractivity contribution in [2.24, 2.45) is 11.3 Å². The zero-order valence-corrected chi connectivity index (χ0v) is 30.1. The van der Waals surface area contributed by atoms with Crippen LogP contribution in [0.3, 0.4) is 0 Å². The lowest BCUT2D eigenvalue weighted by atomic mass is 9.84. The highest BCUT2D eigenvalue weighted by molar-refractivity contribution is 6.38. The van der Waals surface area contributed by atoms with Crippen LogP contribution in [0.15, 0.2) is 30.3 Å². The smallest absolute Gasteiger partial charge is 0.292 e. The van der Waals surface area contributed by atoms with E-state index in [2.05, 4.69) is 16.1 Å². The molecule has 1 aromatic rings. The topological polar surface area (TPSA) is 137 Å². The Bertz CT molecular complexity index is 1450. The molecule has 1 aromatic carbocycles. The minimum Gasteiger partial charge on any atom is -0.344 e. The van der Waals surface area contributed by atoms with Crippen molar-refractivity contribution in [1.82, 2.24) is 25.9 Å². The lowest BCUT2D eigenvalue weighted by Crippen LogP contribution is -2.59. The van der Waals surface area contributed by atoms with Crippen molar-refractivity contribution in [2.45, 2.75) is 122 Å². The van der Waals surface area contributed by atoms with Crippen LogP contribution in [0.5, 0.6) is 0 Å². The number of hydroxylamine groups is 1. The molecule has 4 atom stereocenters. The molecule has 0 bridgehead atoms. The number of halogens is 1. The number of ketones is 1. The van der Waals surface area contributed by atoms with Gasteiger partial charge in [0.2, 0.25) is 23.5 Å². The van der Waals surface area contributed by atoms with Gasteiger partial charge in [0.25, 0.3) is 5.91 Å². The van der Waals surface area contributed by atoms with Gasteiger partial charge in [0, 0.05) is 36.5 Å². The molecule has 0 radical (unpaired) electrons. The van der Waals surface area contributed by atoms with Gasteiger partial charge < -0.3 is 20.4 Å². The Morgan fingerprint density at radius 2 is 1.76 bits per heavy atom. The fraction of sp³-hybridized carbons (Fsp3) is 0.649. The van der Waals surface area contributed by atoms with Crippen molar-refractivity contribution in [1.29, 1.82) is 0 Å². The van der Waals surface area contributed by atoms with E-state index < -0.39 is 52.6 Å². The van der Waals surface area contributed by atoms with Gasteiger partial charge in [-0.05, 0) is 61.6 Å². The van der Waals surface area contributed by atoms with Gasteiger partial charge in [-0.2, -0.15) is 0 Å². The molecule has 1 aliphatic carbocycles. The Hall–Kier alpha value is -3.44. The average Bonchev–Trinajstić information content (AvgIpc) is 3.83. The number of likely N-dealkylation sites (tertiary alicyclic amines) is 2. The third kappa shape index (κ3) is 8.84. The van der Waals surface area contributed by atoms with Gasteiger partial charge >= 0.3 is 0 Å². The molecule has 1 saturated carbocycles. The molecule has 49 heavy (non-hydrogen) atoms. The zero-order valence-electron chi connectivity index (χ0n) is 29.3. The molecule has 3 N–H and O–H groups in total. The van der Waals surface area contributed by atoms with E-state index >= 15 is 0 Å². The van der Waals surface area contributed by atoms with Crippen molar-refractivity contribution < 1.29 is 28.8 Å². The van der Waals surface area contributed by atoms with E-state index in [1.54, 1.807) is 17.0 Å². The summed E-state index contributed by atoms with van der Waals surface area (Å²) in [4.78, 5) is 77.8. The van der Waals surface area contributed by atoms with E-state index in [1.165, 1.54) is 11.3 Å². The number of hydrogen-bond donors (Lipinski definition) is 3. The largest absolute Gasteiger partial charge is 0.344 e. The fourth-order valence-electron chi connectivity index (χ4n) is 7.56. The quantitative estimate of drug-likeness (QED) is 0.289. The second-order valence-electron chi connectivity index (χ2n) is 15.3. The summed E-state index contributed by atoms with van der Waals surface area (Å²) in [6, 6.07) is 4.30. The molecular formula is C37H52ClN5O6. The normalized spacial score (nSPS) is 23.9. The van der Waals surface area contributed by atoms with Crippen LogP contribution in [0, 0.1) is 11.3 Å². The van der Waals surface area contributed by atoms with Crippen LogP contribution in [0.2, 0.25) is 5.02 Å². The summed E-state index contributed by atoms with van der Waals surface area (Å²) < 4.78 is 0. The van der Waals surface area contributed by atoms with Crippen LogP contribution in [0.1, 0.15) is 104 Å². The summed E-state index contributed by atoms with van der Waals surface area (Å²) in [7, 11) is 0. The molecule has 5 rings (SSSR count). The Morgan fingerprint density at radius 1 is 1.04 bits per heavy atom. The SMILES string of the molecule is CCC[C@H](NC(=O)[C@@H]1C[C@]2(C=C(c3cccc(Cl)c3)NO2)CN1C(=O)[C@@H](NC(=O)CC1CCCCC1)C(C)(C)C)C(=O)C(=O)N1CCCC1. The van der Waals surface area contributed by atoms with Crippen molar-refractivity contribution in [3.05, 3.63) is 40.9 Å². The highest BCUT2D eigenvalue weighted by Crippen LogP contribution is 2.39. The maximum absolute atomic E-state index is 14.6. The first-order chi connectivity index (χ1) is 23.3. The predicted octanol–water partition coefficient (Wildman–Crippen LogP) is 4.53. The molecule has 11 nitrogen and oxygen atoms in total. The molecule has 12 heteroatoms. The van der Waals surface area contributed by atoms with Gasteiger partial charge in [-0.1, -0.05) is 77.1 Å². The Balaban J connectivity index is 1.41. The number of nitrogens with zero attached hydrogens (tertiary/aromatic N) is 2. The van der Waals surface area contributed by atoms with Gasteiger partial charge in [0.15, 0.2) is 0 Å². The Kier molecular flexibility index (Phi) is 11.7. The number of nitrogens with one attached hydrogen (secondary N) is 3. The van der Waals surface area contributed by atoms with Crippen LogP contribution in [0.4, 0.5) is 0 Å². The first-order valence-corrected chi connectivity index (χ1v) is 18.3. The van der Waals surface area contributed by atoms with Crippen LogP contribution in [0.25, 0.3) is 5.70 Å². The molecule has 3 heterocycles. The van der Waals surface area contributed by atoms with E-state index in [1.807, 2.05) is 45.9 Å². The first-order valence-electron chi connectivity index (χ1n) is 18.0. The summed E-state index contributed by atoms with van der Waals surface area (Å²) in [6.45, 7) is 8.64. The third-order valence-electron chi connectivity index (χ3n) is 10.3. The highest BCUT2D eigenvalue weighted by Gasteiger charge is 2.54. The van der Waals surface area contributed by atoms with E-state index in [0.717, 1.165) is 44.1 Å². The molecule has 4 aliphatic rings. The maximum atomic E-state index is 14.6. The average molecular weight is 698 g/mol. The molecule has 2 saturated heterocycles. The molecule has 1 spiro atoms. The van der Waals surface area contributed by atoms with Crippen molar-refractivity contribution >= 4 is 46.7 Å². The molecule has 3 aliphatic heterocycles. The predicted molar refractivity (Wildman–Crippen MR) is 187 cm³/mol. The van der Waals surface area contributed by atoms with Gasteiger partial charge in [0.1, 0.15) is 17.7 Å². The Morgan fingerprint density at radius 3 is 2.41 bits per heavy atom.